The molecular weight excluding hydrogens is 291 g/mol. The highest BCUT2D eigenvalue weighted by Gasteiger charge is 2.23. The fourth-order valence-electron chi connectivity index (χ4n) is 2.19. The summed E-state index contributed by atoms with van der Waals surface area (Å²) in [6.45, 7) is 4.44. The molecule has 1 aliphatic heterocycles. The van der Waals surface area contributed by atoms with Crippen molar-refractivity contribution in [2.24, 2.45) is 0 Å². The Bertz CT molecular complexity index is 430. The Balaban J connectivity index is 2.07. The maximum Gasteiger partial charge on any atom is 0.256 e. The second-order valence-electron chi connectivity index (χ2n) is 4.37. The van der Waals surface area contributed by atoms with E-state index in [2.05, 4.69) is 5.32 Å². The van der Waals surface area contributed by atoms with Gasteiger partial charge in [0.1, 0.15) is 4.34 Å². The van der Waals surface area contributed by atoms with Crippen LogP contribution in [0.3, 0.4) is 0 Å². The van der Waals surface area contributed by atoms with Crippen LogP contribution in [-0.4, -0.2) is 36.5 Å². The first-order chi connectivity index (χ1) is 8.61. The average molecular weight is 307 g/mol. The zero-order chi connectivity index (χ0) is 13.1. The van der Waals surface area contributed by atoms with E-state index in [0.29, 0.717) is 26.8 Å². The molecule has 0 aliphatic carbocycles. The Morgan fingerprint density at radius 3 is 2.89 bits per heavy atom. The summed E-state index contributed by atoms with van der Waals surface area (Å²) in [4.78, 5) is 14.2. The van der Waals surface area contributed by atoms with Gasteiger partial charge in [-0.2, -0.15) is 0 Å². The first-order valence-corrected chi connectivity index (χ1v) is 7.66. The van der Waals surface area contributed by atoms with Crippen molar-refractivity contribution in [1.82, 2.24) is 10.2 Å². The van der Waals surface area contributed by atoms with E-state index < -0.39 is 0 Å². The van der Waals surface area contributed by atoms with Crippen molar-refractivity contribution in [1.29, 1.82) is 0 Å². The topological polar surface area (TPSA) is 32.3 Å². The number of nitrogens with one attached hydrogen (secondary N) is 1. The first-order valence-electron chi connectivity index (χ1n) is 6.09. The second-order valence-corrected chi connectivity index (χ2v) is 6.66. The van der Waals surface area contributed by atoms with E-state index >= 15 is 0 Å². The van der Waals surface area contributed by atoms with Gasteiger partial charge in [0.15, 0.2) is 0 Å². The average Bonchev–Trinajstić information content (AvgIpc) is 2.95. The predicted molar refractivity (Wildman–Crippen MR) is 76.9 cm³/mol. The van der Waals surface area contributed by atoms with Gasteiger partial charge in [-0.1, -0.05) is 23.2 Å². The smallest absolute Gasteiger partial charge is 0.256 e. The van der Waals surface area contributed by atoms with Gasteiger partial charge < -0.3 is 10.2 Å². The Hall–Kier alpha value is -0.290. The molecule has 1 fully saturated rings. The molecule has 3 nitrogen and oxygen atoms in total. The van der Waals surface area contributed by atoms with Crippen LogP contribution in [0.2, 0.25) is 8.67 Å². The third kappa shape index (κ3) is 3.18. The number of rotatable bonds is 4. The first kappa shape index (κ1) is 14.1. The van der Waals surface area contributed by atoms with E-state index in [1.54, 1.807) is 6.07 Å². The van der Waals surface area contributed by atoms with Crippen LogP contribution in [-0.2, 0) is 0 Å². The molecule has 18 heavy (non-hydrogen) atoms. The summed E-state index contributed by atoms with van der Waals surface area (Å²) in [6, 6.07) is 2.06. The molecule has 1 atom stereocenters. The van der Waals surface area contributed by atoms with Gasteiger partial charge in [0.05, 0.1) is 9.90 Å². The molecule has 100 valence electrons. The highest BCUT2D eigenvalue weighted by Crippen LogP contribution is 2.32. The SMILES string of the molecule is CCN(CC1CCCN1)C(=O)c1cc(Cl)sc1Cl. The molecule has 1 unspecified atom stereocenters. The van der Waals surface area contributed by atoms with Crippen LogP contribution in [0.1, 0.15) is 30.1 Å². The Morgan fingerprint density at radius 1 is 1.61 bits per heavy atom. The lowest BCUT2D eigenvalue weighted by Crippen LogP contribution is -2.40. The number of carbonyl (C=O) groups is 1. The third-order valence-corrected chi connectivity index (χ3v) is 4.65. The molecule has 1 aromatic rings. The molecule has 0 bridgehead atoms. The van der Waals surface area contributed by atoms with Crippen LogP contribution in [0.5, 0.6) is 0 Å². The number of hydrogen-bond acceptors (Lipinski definition) is 3. The van der Waals surface area contributed by atoms with Gasteiger partial charge in [-0.25, -0.2) is 0 Å². The minimum absolute atomic E-state index is 0.0284. The van der Waals surface area contributed by atoms with Crippen molar-refractivity contribution in [3.63, 3.8) is 0 Å². The van der Waals surface area contributed by atoms with Gasteiger partial charge in [0.25, 0.3) is 5.91 Å². The lowest BCUT2D eigenvalue weighted by Gasteiger charge is -2.24. The van der Waals surface area contributed by atoms with Crippen LogP contribution in [0, 0.1) is 0 Å². The van der Waals surface area contributed by atoms with Crippen LogP contribution in [0.15, 0.2) is 6.07 Å². The van der Waals surface area contributed by atoms with Crippen LogP contribution < -0.4 is 5.32 Å². The molecule has 1 N–H and O–H groups in total. The molecular formula is C12H16Cl2N2OS. The summed E-state index contributed by atoms with van der Waals surface area (Å²) in [5.41, 5.74) is 0.520. The molecule has 0 saturated carbocycles. The molecule has 2 heterocycles. The number of likely N-dealkylation sites (N-methyl/N-ethyl adjacent to an activating group) is 1. The fourth-order valence-corrected chi connectivity index (χ4v) is 3.64. The molecule has 1 aliphatic rings. The van der Waals surface area contributed by atoms with Crippen molar-refractivity contribution >= 4 is 40.4 Å². The van der Waals surface area contributed by atoms with E-state index in [4.69, 9.17) is 23.2 Å². The molecule has 1 saturated heterocycles. The van der Waals surface area contributed by atoms with E-state index in [9.17, 15) is 4.79 Å². The lowest BCUT2D eigenvalue weighted by atomic mass is 10.2. The van der Waals surface area contributed by atoms with E-state index in [1.165, 1.54) is 17.8 Å². The molecule has 0 aromatic carbocycles. The summed E-state index contributed by atoms with van der Waals surface area (Å²) >= 11 is 13.1. The van der Waals surface area contributed by atoms with Gasteiger partial charge in [-0.05, 0) is 32.4 Å². The van der Waals surface area contributed by atoms with E-state index in [0.717, 1.165) is 19.5 Å². The summed E-state index contributed by atoms with van der Waals surface area (Å²) < 4.78 is 1.03. The van der Waals surface area contributed by atoms with Crippen LogP contribution in [0.4, 0.5) is 0 Å². The van der Waals surface area contributed by atoms with Crippen molar-refractivity contribution in [2.45, 2.75) is 25.8 Å². The molecule has 0 spiro atoms. The summed E-state index contributed by atoms with van der Waals surface area (Å²) in [5, 5.41) is 3.40. The van der Waals surface area contributed by atoms with Crippen LogP contribution >= 0.6 is 34.5 Å². The maximum absolute atomic E-state index is 12.4. The van der Waals surface area contributed by atoms with Gasteiger partial charge in [0, 0.05) is 19.1 Å². The summed E-state index contributed by atoms with van der Waals surface area (Å²) in [7, 11) is 0. The number of hydrogen-bond donors (Lipinski definition) is 1. The molecule has 1 amide bonds. The third-order valence-electron chi connectivity index (χ3n) is 3.16. The highest BCUT2D eigenvalue weighted by atomic mass is 35.5. The van der Waals surface area contributed by atoms with Crippen molar-refractivity contribution in [2.75, 3.05) is 19.6 Å². The molecule has 0 radical (unpaired) electrons. The van der Waals surface area contributed by atoms with Gasteiger partial charge >= 0.3 is 0 Å². The largest absolute Gasteiger partial charge is 0.337 e. The van der Waals surface area contributed by atoms with Crippen molar-refractivity contribution in [3.8, 4) is 0 Å². The summed E-state index contributed by atoms with van der Waals surface area (Å²) in [5.74, 6) is -0.0284. The number of thiophene rings is 1. The van der Waals surface area contributed by atoms with Gasteiger partial charge in [-0.15, -0.1) is 11.3 Å². The summed E-state index contributed by atoms with van der Waals surface area (Å²) in [6.07, 6.45) is 2.31. The van der Waals surface area contributed by atoms with Gasteiger partial charge in [0.2, 0.25) is 0 Å². The maximum atomic E-state index is 12.4. The lowest BCUT2D eigenvalue weighted by molar-refractivity contribution is 0.0752. The standard InChI is InChI=1S/C12H16Cl2N2OS/c1-2-16(7-8-4-3-5-15-8)12(17)9-6-10(13)18-11(9)14/h6,8,15H,2-5,7H2,1H3. The quantitative estimate of drug-likeness (QED) is 0.926. The number of carbonyl (C=O) groups excluding carboxylic acids is 1. The van der Waals surface area contributed by atoms with Gasteiger partial charge in [-0.3, -0.25) is 4.79 Å². The van der Waals surface area contributed by atoms with Crippen molar-refractivity contribution < 1.29 is 4.79 Å². The molecule has 6 heteroatoms. The minimum atomic E-state index is -0.0284. The zero-order valence-corrected chi connectivity index (χ0v) is 12.5. The Morgan fingerprint density at radius 2 is 2.39 bits per heavy atom. The predicted octanol–water partition coefficient (Wildman–Crippen LogP) is 3.27. The Labute approximate surface area is 121 Å². The molecule has 1 aromatic heterocycles. The van der Waals surface area contributed by atoms with Crippen molar-refractivity contribution in [3.05, 3.63) is 20.3 Å². The molecule has 2 rings (SSSR count). The normalized spacial score (nSPS) is 19.2. The van der Waals surface area contributed by atoms with E-state index in [1.807, 2.05) is 11.8 Å². The zero-order valence-electron chi connectivity index (χ0n) is 10.2. The highest BCUT2D eigenvalue weighted by molar-refractivity contribution is 7.20. The number of amides is 1. The van der Waals surface area contributed by atoms with Crippen LogP contribution in [0.25, 0.3) is 0 Å². The second kappa shape index (κ2) is 6.24. The fraction of sp³-hybridized carbons (Fsp3) is 0.583. The Kier molecular flexibility index (Phi) is 4.90. The van der Waals surface area contributed by atoms with E-state index in [-0.39, 0.29) is 5.91 Å². The number of nitrogens with zero attached hydrogens (tertiary/aromatic N) is 1. The minimum Gasteiger partial charge on any atom is -0.337 e. The monoisotopic (exact) mass is 306 g/mol. The number of halogens is 2.